The normalized spacial score (nSPS) is 10.9. The Morgan fingerprint density at radius 2 is 1.27 bits per heavy atom. The summed E-state index contributed by atoms with van der Waals surface area (Å²) in [6.45, 7) is 7.00. The van der Waals surface area contributed by atoms with Gasteiger partial charge in [-0.2, -0.15) is 0 Å². The van der Waals surface area contributed by atoms with Crippen LogP contribution in [0.3, 0.4) is 0 Å². The van der Waals surface area contributed by atoms with Gasteiger partial charge in [-0.25, -0.2) is 0 Å². The molecule has 0 aromatic heterocycles. The number of rotatable bonds is 7. The summed E-state index contributed by atoms with van der Waals surface area (Å²) in [4.78, 5) is 0. The van der Waals surface area contributed by atoms with Crippen LogP contribution in [0.25, 0.3) is 0 Å². The zero-order chi connectivity index (χ0) is 8.53. The van der Waals surface area contributed by atoms with Gasteiger partial charge in [0.15, 0.2) is 0 Å². The van der Waals surface area contributed by atoms with Crippen molar-refractivity contribution in [2.45, 2.75) is 62.2 Å². The molecule has 0 saturated carbocycles. The molecule has 0 saturated heterocycles. The molecule has 0 rings (SSSR count). The Morgan fingerprint density at radius 1 is 0.727 bits per heavy atom. The molecule has 0 N–H and O–H groups in total. The summed E-state index contributed by atoms with van der Waals surface area (Å²) < 4.78 is 0. The van der Waals surface area contributed by atoms with E-state index in [4.69, 9.17) is 0 Å². The third-order valence-corrected chi connectivity index (χ3v) is 9.38. The second-order valence-corrected chi connectivity index (χ2v) is 9.65. The molecule has 0 nitrogen and oxygen atoms in total. The minimum absolute atomic E-state index is 0.508. The molecule has 67 valence electrons. The molecule has 0 aliphatic rings. The van der Waals surface area contributed by atoms with Gasteiger partial charge >= 0.3 is 76.6 Å². The zero-order valence-corrected chi connectivity index (χ0v) is 10.5. The van der Waals surface area contributed by atoms with E-state index in [1.54, 1.807) is 15.8 Å². The van der Waals surface area contributed by atoms with Crippen LogP contribution in [-0.2, 0) is 0 Å². The summed E-state index contributed by atoms with van der Waals surface area (Å²) in [7, 11) is 0. The van der Waals surface area contributed by atoms with Gasteiger partial charge in [0.05, 0.1) is 0 Å². The Morgan fingerprint density at radius 3 is 1.64 bits per heavy atom. The molecule has 0 aromatic carbocycles. The molecule has 0 heterocycles. The van der Waals surface area contributed by atoms with Gasteiger partial charge in [-0.05, 0) is 0 Å². The van der Waals surface area contributed by atoms with Gasteiger partial charge in [0, 0.05) is 0 Å². The van der Waals surface area contributed by atoms with Crippen molar-refractivity contribution < 1.29 is 0 Å². The third-order valence-electron chi connectivity index (χ3n) is 2.09. The zero-order valence-electron chi connectivity index (χ0n) is 8.45. The van der Waals surface area contributed by atoms with Crippen molar-refractivity contribution in [1.29, 1.82) is 0 Å². The molecule has 0 aliphatic carbocycles. The van der Waals surface area contributed by atoms with Crippen LogP contribution in [0.2, 0.25) is 15.8 Å². The predicted molar refractivity (Wildman–Crippen MR) is 55.7 cm³/mol. The summed E-state index contributed by atoms with van der Waals surface area (Å²) >= 11 is -0.508. The topological polar surface area (TPSA) is 0 Å². The summed E-state index contributed by atoms with van der Waals surface area (Å²) in [5.41, 5.74) is 0. The van der Waals surface area contributed by atoms with Gasteiger partial charge < -0.3 is 0 Å². The van der Waals surface area contributed by atoms with Gasteiger partial charge in [-0.15, -0.1) is 0 Å². The molecular weight excluding hydrogens is 193 g/mol. The van der Waals surface area contributed by atoms with Crippen LogP contribution in [0, 0.1) is 0 Å². The van der Waals surface area contributed by atoms with Crippen LogP contribution >= 0.6 is 0 Å². The first-order valence-electron chi connectivity index (χ1n) is 5.18. The average Bonchev–Trinajstić information content (AvgIpc) is 2.01. The summed E-state index contributed by atoms with van der Waals surface area (Å²) in [5, 5.41) is 4.87. The van der Waals surface area contributed by atoms with E-state index in [1.165, 1.54) is 25.7 Å². The van der Waals surface area contributed by atoms with Crippen molar-refractivity contribution in [2.24, 2.45) is 0 Å². The molecule has 0 aromatic rings. The summed E-state index contributed by atoms with van der Waals surface area (Å²) in [6, 6.07) is 0. The van der Waals surface area contributed by atoms with Gasteiger partial charge in [-0.3, -0.25) is 0 Å². The van der Waals surface area contributed by atoms with E-state index in [-0.39, 0.29) is 0 Å². The van der Waals surface area contributed by atoms with Gasteiger partial charge in [0.1, 0.15) is 0 Å². The van der Waals surface area contributed by atoms with E-state index in [9.17, 15) is 0 Å². The van der Waals surface area contributed by atoms with Crippen molar-refractivity contribution in [3.63, 3.8) is 0 Å². The Bertz CT molecular complexity index is 65.3. The first-order valence-corrected chi connectivity index (χ1v) is 9.63. The van der Waals surface area contributed by atoms with Crippen molar-refractivity contribution in [3.05, 3.63) is 0 Å². The predicted octanol–water partition coefficient (Wildman–Crippen LogP) is 4.10. The average molecular weight is 216 g/mol. The molecular formula is C10H23Ge. The van der Waals surface area contributed by atoms with E-state index < -0.39 is 14.3 Å². The van der Waals surface area contributed by atoms with E-state index in [1.807, 2.05) is 0 Å². The SMILES string of the molecule is CCC[CH2][Ge]([CH2]CC)[CH2]CC. The maximum absolute atomic E-state index is 2.34. The van der Waals surface area contributed by atoms with E-state index in [0.29, 0.717) is 0 Å². The second-order valence-electron chi connectivity index (χ2n) is 3.35. The fourth-order valence-corrected chi connectivity index (χ4v) is 7.84. The van der Waals surface area contributed by atoms with E-state index >= 15 is 0 Å². The molecule has 0 bridgehead atoms. The third kappa shape index (κ3) is 6.92. The van der Waals surface area contributed by atoms with Crippen molar-refractivity contribution in [1.82, 2.24) is 0 Å². The summed E-state index contributed by atoms with van der Waals surface area (Å²) in [6.07, 6.45) is 5.80. The van der Waals surface area contributed by atoms with Crippen molar-refractivity contribution >= 4 is 14.3 Å². The maximum atomic E-state index is 2.34. The number of hydrogen-bond donors (Lipinski definition) is 0. The van der Waals surface area contributed by atoms with E-state index in [0.717, 1.165) is 0 Å². The molecule has 0 unspecified atom stereocenters. The Balaban J connectivity index is 3.34. The molecule has 0 fully saturated rings. The summed E-state index contributed by atoms with van der Waals surface area (Å²) in [5.74, 6) is 0. The monoisotopic (exact) mass is 217 g/mol. The molecule has 1 heteroatoms. The van der Waals surface area contributed by atoms with Gasteiger partial charge in [0.25, 0.3) is 0 Å². The van der Waals surface area contributed by atoms with Crippen molar-refractivity contribution in [3.8, 4) is 0 Å². The standard InChI is InChI=1S/C10H23Ge/c1-4-7-10-11(8-5-2)9-6-3/h4-10H2,1-3H3. The fraction of sp³-hybridized carbons (Fsp3) is 1.00. The van der Waals surface area contributed by atoms with Crippen LogP contribution in [0.15, 0.2) is 0 Å². The molecule has 0 spiro atoms. The number of unbranched alkanes of at least 4 members (excludes halogenated alkanes) is 1. The number of hydrogen-bond acceptors (Lipinski definition) is 0. The minimum atomic E-state index is -0.508. The second kappa shape index (κ2) is 8.64. The molecule has 0 aliphatic heterocycles. The first-order chi connectivity index (χ1) is 5.35. The Hall–Kier alpha value is 0.543. The van der Waals surface area contributed by atoms with Crippen LogP contribution in [0.1, 0.15) is 46.5 Å². The molecule has 11 heavy (non-hydrogen) atoms. The van der Waals surface area contributed by atoms with E-state index in [2.05, 4.69) is 20.8 Å². The molecule has 0 amide bonds. The first kappa shape index (κ1) is 11.5. The van der Waals surface area contributed by atoms with Gasteiger partial charge in [0.2, 0.25) is 0 Å². The van der Waals surface area contributed by atoms with Crippen LogP contribution in [0.4, 0.5) is 0 Å². The fourth-order valence-electron chi connectivity index (χ4n) is 1.51. The Labute approximate surface area is 76.9 Å². The van der Waals surface area contributed by atoms with Crippen LogP contribution < -0.4 is 0 Å². The van der Waals surface area contributed by atoms with Crippen molar-refractivity contribution in [2.75, 3.05) is 0 Å². The molecule has 0 atom stereocenters. The van der Waals surface area contributed by atoms with Gasteiger partial charge in [-0.1, -0.05) is 0 Å². The Kier molecular flexibility index (Phi) is 9.06. The van der Waals surface area contributed by atoms with Crippen LogP contribution in [-0.4, -0.2) is 14.3 Å². The van der Waals surface area contributed by atoms with Crippen LogP contribution in [0.5, 0.6) is 0 Å². The molecule has 1 radical (unpaired) electrons. The quantitative estimate of drug-likeness (QED) is 0.561.